The van der Waals surface area contributed by atoms with E-state index in [1.165, 1.54) is 31.5 Å². The molecule has 0 saturated carbocycles. The third-order valence-corrected chi connectivity index (χ3v) is 3.89. The van der Waals surface area contributed by atoms with Crippen molar-refractivity contribution < 1.29 is 4.74 Å². The summed E-state index contributed by atoms with van der Waals surface area (Å²) in [5.41, 5.74) is 1.68. The van der Waals surface area contributed by atoms with E-state index in [2.05, 4.69) is 22.4 Å². The second-order valence-electron chi connectivity index (χ2n) is 5.07. The smallest absolute Gasteiger partial charge is 0.0585 e. The van der Waals surface area contributed by atoms with E-state index in [-0.39, 0.29) is 5.41 Å². The lowest BCUT2D eigenvalue weighted by Crippen LogP contribution is -2.48. The summed E-state index contributed by atoms with van der Waals surface area (Å²) in [6.45, 7) is 4.12. The fraction of sp³-hybridized carbons (Fsp3) is 0.615. The van der Waals surface area contributed by atoms with Crippen LogP contribution >= 0.6 is 0 Å². The average Bonchev–Trinajstić information content (AvgIpc) is 2.77. The van der Waals surface area contributed by atoms with Gasteiger partial charge in [0.25, 0.3) is 0 Å². The zero-order chi connectivity index (χ0) is 10.8. The van der Waals surface area contributed by atoms with Crippen LogP contribution in [-0.4, -0.2) is 31.3 Å². The summed E-state index contributed by atoms with van der Waals surface area (Å²) in [7, 11) is 0. The predicted molar refractivity (Wildman–Crippen MR) is 62.3 cm³/mol. The molecular formula is C13H18N2O. The SMILES string of the molecule is c1cc(C2(CC3CCNC3)COC2)ccn1. The highest BCUT2D eigenvalue weighted by molar-refractivity contribution is 5.26. The molecule has 2 saturated heterocycles. The molecule has 1 unspecified atom stereocenters. The van der Waals surface area contributed by atoms with E-state index in [0.29, 0.717) is 0 Å². The van der Waals surface area contributed by atoms with Gasteiger partial charge >= 0.3 is 0 Å². The van der Waals surface area contributed by atoms with Gasteiger partial charge in [0, 0.05) is 17.8 Å². The van der Waals surface area contributed by atoms with E-state index < -0.39 is 0 Å². The Bertz CT molecular complexity index is 342. The van der Waals surface area contributed by atoms with Gasteiger partial charge in [0.2, 0.25) is 0 Å². The molecule has 3 rings (SSSR count). The Morgan fingerprint density at radius 2 is 2.19 bits per heavy atom. The van der Waals surface area contributed by atoms with Crippen molar-refractivity contribution in [1.82, 2.24) is 10.3 Å². The number of nitrogens with one attached hydrogen (secondary N) is 1. The zero-order valence-corrected chi connectivity index (χ0v) is 9.48. The Labute approximate surface area is 96.2 Å². The van der Waals surface area contributed by atoms with Crippen molar-refractivity contribution in [3.8, 4) is 0 Å². The fourth-order valence-electron chi connectivity index (χ4n) is 2.90. The molecule has 86 valence electrons. The molecule has 2 fully saturated rings. The first-order valence-corrected chi connectivity index (χ1v) is 6.08. The van der Waals surface area contributed by atoms with Gasteiger partial charge in [-0.25, -0.2) is 0 Å². The molecule has 1 atom stereocenters. The largest absolute Gasteiger partial charge is 0.379 e. The van der Waals surface area contributed by atoms with Crippen LogP contribution in [0.5, 0.6) is 0 Å². The van der Waals surface area contributed by atoms with Crippen molar-refractivity contribution in [1.29, 1.82) is 0 Å². The Morgan fingerprint density at radius 1 is 1.38 bits per heavy atom. The fourth-order valence-corrected chi connectivity index (χ4v) is 2.90. The van der Waals surface area contributed by atoms with Gasteiger partial charge in [-0.15, -0.1) is 0 Å². The molecule has 2 aliphatic rings. The molecule has 0 spiro atoms. The highest BCUT2D eigenvalue weighted by Crippen LogP contribution is 2.39. The number of nitrogens with zero attached hydrogens (tertiary/aromatic N) is 1. The molecule has 0 bridgehead atoms. The van der Waals surface area contributed by atoms with E-state index in [1.54, 1.807) is 0 Å². The van der Waals surface area contributed by atoms with Gasteiger partial charge < -0.3 is 10.1 Å². The maximum absolute atomic E-state index is 5.46. The summed E-state index contributed by atoms with van der Waals surface area (Å²) < 4.78 is 5.46. The number of pyridine rings is 1. The molecule has 2 aliphatic heterocycles. The van der Waals surface area contributed by atoms with Gasteiger partial charge in [-0.2, -0.15) is 0 Å². The van der Waals surface area contributed by atoms with Crippen LogP contribution in [-0.2, 0) is 10.2 Å². The van der Waals surface area contributed by atoms with Crippen LogP contribution in [0.1, 0.15) is 18.4 Å². The summed E-state index contributed by atoms with van der Waals surface area (Å²) in [4.78, 5) is 4.10. The highest BCUT2D eigenvalue weighted by atomic mass is 16.5. The van der Waals surface area contributed by atoms with Crippen LogP contribution in [0.2, 0.25) is 0 Å². The number of hydrogen-bond donors (Lipinski definition) is 1. The molecular weight excluding hydrogens is 200 g/mol. The van der Waals surface area contributed by atoms with Gasteiger partial charge in [0.1, 0.15) is 0 Å². The molecule has 0 radical (unpaired) electrons. The van der Waals surface area contributed by atoms with Gasteiger partial charge in [-0.1, -0.05) is 0 Å². The van der Waals surface area contributed by atoms with Crippen LogP contribution in [0.15, 0.2) is 24.5 Å². The van der Waals surface area contributed by atoms with Crippen LogP contribution in [0, 0.1) is 5.92 Å². The van der Waals surface area contributed by atoms with Crippen molar-refractivity contribution in [2.75, 3.05) is 26.3 Å². The zero-order valence-electron chi connectivity index (χ0n) is 9.48. The average molecular weight is 218 g/mol. The second-order valence-corrected chi connectivity index (χ2v) is 5.07. The normalized spacial score (nSPS) is 27.6. The Kier molecular flexibility index (Phi) is 2.65. The Hall–Kier alpha value is -0.930. The van der Waals surface area contributed by atoms with E-state index in [0.717, 1.165) is 19.1 Å². The van der Waals surface area contributed by atoms with Crippen molar-refractivity contribution in [2.24, 2.45) is 5.92 Å². The van der Waals surface area contributed by atoms with E-state index in [9.17, 15) is 0 Å². The minimum absolute atomic E-state index is 0.277. The van der Waals surface area contributed by atoms with Crippen molar-refractivity contribution in [3.05, 3.63) is 30.1 Å². The van der Waals surface area contributed by atoms with Crippen LogP contribution < -0.4 is 5.32 Å². The number of rotatable bonds is 3. The Morgan fingerprint density at radius 3 is 2.75 bits per heavy atom. The molecule has 3 heterocycles. The lowest BCUT2D eigenvalue weighted by Gasteiger charge is -2.43. The molecule has 3 nitrogen and oxygen atoms in total. The maximum atomic E-state index is 5.46. The molecule has 0 aromatic carbocycles. The van der Waals surface area contributed by atoms with Gasteiger partial charge in [-0.05, 0) is 49.5 Å². The number of hydrogen-bond acceptors (Lipinski definition) is 3. The van der Waals surface area contributed by atoms with E-state index >= 15 is 0 Å². The summed E-state index contributed by atoms with van der Waals surface area (Å²) in [5.74, 6) is 0.817. The summed E-state index contributed by atoms with van der Waals surface area (Å²) in [6.07, 6.45) is 6.35. The first-order valence-electron chi connectivity index (χ1n) is 6.08. The summed E-state index contributed by atoms with van der Waals surface area (Å²) >= 11 is 0. The standard InChI is InChI=1S/C13H18N2O/c1-4-15-8-11(1)7-13(9-16-10-13)12-2-5-14-6-3-12/h2-3,5-6,11,15H,1,4,7-10H2. The van der Waals surface area contributed by atoms with Gasteiger partial charge in [0.15, 0.2) is 0 Å². The van der Waals surface area contributed by atoms with Gasteiger partial charge in [0.05, 0.1) is 13.2 Å². The molecule has 1 N–H and O–H groups in total. The van der Waals surface area contributed by atoms with Crippen LogP contribution in [0.25, 0.3) is 0 Å². The van der Waals surface area contributed by atoms with Gasteiger partial charge in [-0.3, -0.25) is 4.98 Å². The van der Waals surface area contributed by atoms with Crippen molar-refractivity contribution in [2.45, 2.75) is 18.3 Å². The molecule has 0 amide bonds. The predicted octanol–water partition coefficient (Wildman–Crippen LogP) is 1.35. The molecule has 3 heteroatoms. The minimum atomic E-state index is 0.277. The summed E-state index contributed by atoms with van der Waals surface area (Å²) in [6, 6.07) is 4.29. The number of aromatic nitrogens is 1. The quantitative estimate of drug-likeness (QED) is 0.831. The maximum Gasteiger partial charge on any atom is 0.0585 e. The summed E-state index contributed by atoms with van der Waals surface area (Å²) in [5, 5.41) is 3.44. The first-order chi connectivity index (χ1) is 7.89. The molecule has 0 aliphatic carbocycles. The van der Waals surface area contributed by atoms with Crippen LogP contribution in [0.3, 0.4) is 0 Å². The lowest BCUT2D eigenvalue weighted by molar-refractivity contribution is -0.0706. The molecule has 1 aromatic rings. The van der Waals surface area contributed by atoms with Crippen molar-refractivity contribution in [3.63, 3.8) is 0 Å². The van der Waals surface area contributed by atoms with E-state index in [4.69, 9.17) is 4.74 Å². The third-order valence-electron chi connectivity index (χ3n) is 3.89. The first kappa shape index (κ1) is 10.2. The molecule has 1 aromatic heterocycles. The number of ether oxygens (including phenoxy) is 1. The van der Waals surface area contributed by atoms with Crippen molar-refractivity contribution >= 4 is 0 Å². The highest BCUT2D eigenvalue weighted by Gasteiger charge is 2.42. The van der Waals surface area contributed by atoms with E-state index in [1.807, 2.05) is 12.4 Å². The second kappa shape index (κ2) is 4.15. The topological polar surface area (TPSA) is 34.1 Å². The lowest BCUT2D eigenvalue weighted by atomic mass is 9.72. The monoisotopic (exact) mass is 218 g/mol. The molecule has 16 heavy (non-hydrogen) atoms. The van der Waals surface area contributed by atoms with Crippen LogP contribution in [0.4, 0.5) is 0 Å². The minimum Gasteiger partial charge on any atom is -0.379 e. The Balaban J connectivity index is 1.77. The third kappa shape index (κ3) is 1.74.